The zero-order valence-corrected chi connectivity index (χ0v) is 15.7. The Bertz CT molecular complexity index is 799. The van der Waals surface area contributed by atoms with Gasteiger partial charge in [-0.2, -0.15) is 0 Å². The molecule has 2 unspecified atom stereocenters. The molecule has 1 fully saturated rings. The van der Waals surface area contributed by atoms with E-state index in [1.807, 2.05) is 0 Å². The van der Waals surface area contributed by atoms with Crippen LogP contribution >= 0.6 is 0 Å². The first kappa shape index (κ1) is 20.1. The van der Waals surface area contributed by atoms with Crippen LogP contribution in [0.3, 0.4) is 0 Å². The smallest absolute Gasteiger partial charge is 0.223 e. The van der Waals surface area contributed by atoms with E-state index in [2.05, 4.69) is 10.6 Å². The van der Waals surface area contributed by atoms with Crippen molar-refractivity contribution in [1.82, 2.24) is 10.6 Å². The Hall–Kier alpha value is -2.67. The summed E-state index contributed by atoms with van der Waals surface area (Å²) in [6, 6.07) is 10.9. The van der Waals surface area contributed by atoms with Gasteiger partial charge in [0.1, 0.15) is 11.5 Å². The van der Waals surface area contributed by atoms with Gasteiger partial charge in [-0.3, -0.25) is 4.79 Å². The molecule has 2 atom stereocenters. The van der Waals surface area contributed by atoms with Crippen LogP contribution in [0.1, 0.15) is 24.3 Å². The largest absolute Gasteiger partial charge is 0.497 e. The number of carbonyl (C=O) groups is 1. The van der Waals surface area contributed by atoms with Gasteiger partial charge < -0.3 is 20.1 Å². The first-order valence-electron chi connectivity index (χ1n) is 9.28. The summed E-state index contributed by atoms with van der Waals surface area (Å²) >= 11 is 0. The molecule has 3 rings (SSSR count). The summed E-state index contributed by atoms with van der Waals surface area (Å²) in [5.41, 5.74) is 0.695. The number of methoxy groups -OCH3 is 1. The molecule has 0 aromatic heterocycles. The lowest BCUT2D eigenvalue weighted by Gasteiger charge is -2.33. The Balaban J connectivity index is 1.52. The predicted octanol–water partition coefficient (Wildman–Crippen LogP) is 3.00. The van der Waals surface area contributed by atoms with Crippen molar-refractivity contribution in [3.8, 4) is 11.5 Å². The van der Waals surface area contributed by atoms with Gasteiger partial charge in [0.15, 0.2) is 11.6 Å². The number of benzene rings is 2. The molecule has 0 spiro atoms. The lowest BCUT2D eigenvalue weighted by Crippen LogP contribution is -2.50. The predicted molar refractivity (Wildman–Crippen MR) is 102 cm³/mol. The molecule has 5 nitrogen and oxygen atoms in total. The molecule has 150 valence electrons. The van der Waals surface area contributed by atoms with Crippen molar-refractivity contribution in [1.29, 1.82) is 0 Å². The Morgan fingerprint density at radius 3 is 2.61 bits per heavy atom. The summed E-state index contributed by atoms with van der Waals surface area (Å²) in [6.45, 7) is 1.58. The van der Waals surface area contributed by atoms with E-state index < -0.39 is 11.6 Å². The van der Waals surface area contributed by atoms with E-state index in [-0.39, 0.29) is 30.9 Å². The Morgan fingerprint density at radius 2 is 1.89 bits per heavy atom. The summed E-state index contributed by atoms with van der Waals surface area (Å²) in [5, 5.41) is 6.22. The number of ether oxygens (including phenoxy) is 2. The van der Waals surface area contributed by atoms with Crippen LogP contribution in [0, 0.1) is 11.6 Å². The average Bonchev–Trinajstić information content (AvgIpc) is 2.71. The quantitative estimate of drug-likeness (QED) is 0.763. The van der Waals surface area contributed by atoms with Crippen molar-refractivity contribution >= 4 is 5.91 Å². The number of hydrogen-bond donors (Lipinski definition) is 2. The van der Waals surface area contributed by atoms with E-state index in [0.29, 0.717) is 17.9 Å². The molecule has 1 amide bonds. The van der Waals surface area contributed by atoms with Crippen molar-refractivity contribution in [3.05, 3.63) is 59.7 Å². The fourth-order valence-corrected chi connectivity index (χ4v) is 3.36. The molecule has 1 aliphatic rings. The van der Waals surface area contributed by atoms with Crippen molar-refractivity contribution < 1.29 is 23.0 Å². The second kappa shape index (κ2) is 9.50. The van der Waals surface area contributed by atoms with Crippen LogP contribution in [0.5, 0.6) is 11.5 Å². The molecular weight excluding hydrogens is 366 g/mol. The van der Waals surface area contributed by atoms with Crippen LogP contribution in [0.25, 0.3) is 0 Å². The molecule has 0 saturated carbocycles. The summed E-state index contributed by atoms with van der Waals surface area (Å²) in [7, 11) is 1.59. The molecule has 1 saturated heterocycles. The molecule has 7 heteroatoms. The maximum atomic E-state index is 13.6. The maximum Gasteiger partial charge on any atom is 0.223 e. The van der Waals surface area contributed by atoms with E-state index >= 15 is 0 Å². The highest BCUT2D eigenvalue weighted by molar-refractivity contribution is 5.76. The third-order valence-corrected chi connectivity index (χ3v) is 4.86. The van der Waals surface area contributed by atoms with Crippen molar-refractivity contribution in [2.75, 3.05) is 26.8 Å². The molecule has 0 aliphatic carbocycles. The lowest BCUT2D eigenvalue weighted by molar-refractivity contribution is -0.122. The maximum absolute atomic E-state index is 13.6. The molecular formula is C21H24F2N2O3. The van der Waals surface area contributed by atoms with Crippen molar-refractivity contribution in [3.63, 3.8) is 0 Å². The fraction of sp³-hybridized carbons (Fsp3) is 0.381. The number of piperidine rings is 1. The normalized spacial score (nSPS) is 19.1. The molecule has 28 heavy (non-hydrogen) atoms. The molecule has 2 N–H and O–H groups in total. The highest BCUT2D eigenvalue weighted by Gasteiger charge is 2.28. The Morgan fingerprint density at radius 1 is 1.14 bits per heavy atom. The van der Waals surface area contributed by atoms with E-state index in [9.17, 15) is 13.6 Å². The highest BCUT2D eigenvalue weighted by Crippen LogP contribution is 2.27. The van der Waals surface area contributed by atoms with E-state index in [0.717, 1.165) is 24.8 Å². The summed E-state index contributed by atoms with van der Waals surface area (Å²) in [4.78, 5) is 12.3. The van der Waals surface area contributed by atoms with Gasteiger partial charge in [0.05, 0.1) is 20.1 Å². The molecule has 1 heterocycles. The summed E-state index contributed by atoms with van der Waals surface area (Å²) < 4.78 is 37.5. The topological polar surface area (TPSA) is 59.6 Å². The first-order chi connectivity index (χ1) is 13.6. The molecule has 0 radical (unpaired) electrons. The van der Waals surface area contributed by atoms with Crippen molar-refractivity contribution in [2.45, 2.75) is 24.8 Å². The number of nitrogens with one attached hydrogen (secondary N) is 2. The number of halogens is 2. The Labute approximate surface area is 163 Å². The third-order valence-electron chi connectivity index (χ3n) is 4.86. The van der Waals surface area contributed by atoms with Crippen LogP contribution in [0.4, 0.5) is 8.78 Å². The van der Waals surface area contributed by atoms with Crippen LogP contribution in [-0.4, -0.2) is 38.8 Å². The molecule has 2 aromatic carbocycles. The average molecular weight is 390 g/mol. The SMILES string of the molecule is COc1ccc(OCCC(=O)NC2CNCCC2c2ccc(F)c(F)c2)cc1. The van der Waals surface area contributed by atoms with E-state index in [1.54, 1.807) is 37.4 Å². The summed E-state index contributed by atoms with van der Waals surface area (Å²) in [5.74, 6) is -0.550. The molecule has 1 aliphatic heterocycles. The highest BCUT2D eigenvalue weighted by atomic mass is 19.2. The van der Waals surface area contributed by atoms with Gasteiger partial charge in [0.2, 0.25) is 5.91 Å². The van der Waals surface area contributed by atoms with Gasteiger partial charge in [0.25, 0.3) is 0 Å². The van der Waals surface area contributed by atoms with Gasteiger partial charge in [-0.05, 0) is 54.9 Å². The number of hydrogen-bond acceptors (Lipinski definition) is 4. The number of carbonyl (C=O) groups excluding carboxylic acids is 1. The minimum atomic E-state index is -0.867. The van der Waals surface area contributed by atoms with Gasteiger partial charge in [-0.1, -0.05) is 6.07 Å². The number of rotatable bonds is 7. The molecule has 2 aromatic rings. The zero-order chi connectivity index (χ0) is 19.9. The minimum Gasteiger partial charge on any atom is -0.497 e. The van der Waals surface area contributed by atoms with Gasteiger partial charge in [-0.15, -0.1) is 0 Å². The first-order valence-corrected chi connectivity index (χ1v) is 9.28. The van der Waals surface area contributed by atoms with Gasteiger partial charge >= 0.3 is 0 Å². The van der Waals surface area contributed by atoms with Crippen LogP contribution in [-0.2, 0) is 4.79 Å². The van der Waals surface area contributed by atoms with Gasteiger partial charge in [0, 0.05) is 18.5 Å². The van der Waals surface area contributed by atoms with Crippen LogP contribution in [0.2, 0.25) is 0 Å². The van der Waals surface area contributed by atoms with E-state index in [4.69, 9.17) is 9.47 Å². The van der Waals surface area contributed by atoms with Gasteiger partial charge in [-0.25, -0.2) is 8.78 Å². The second-order valence-electron chi connectivity index (χ2n) is 6.72. The summed E-state index contributed by atoms with van der Waals surface area (Å²) in [6.07, 6.45) is 0.936. The zero-order valence-electron chi connectivity index (χ0n) is 15.7. The van der Waals surface area contributed by atoms with E-state index in [1.165, 1.54) is 6.07 Å². The lowest BCUT2D eigenvalue weighted by atomic mass is 9.86. The minimum absolute atomic E-state index is 0.0668. The number of amides is 1. The van der Waals surface area contributed by atoms with Crippen LogP contribution < -0.4 is 20.1 Å². The van der Waals surface area contributed by atoms with Crippen molar-refractivity contribution in [2.24, 2.45) is 0 Å². The standard InChI is InChI=1S/C21H24F2N2O3/c1-27-15-3-5-16(6-4-15)28-11-9-21(26)25-20-13-24-10-8-17(20)14-2-7-18(22)19(23)12-14/h2-7,12,17,20,24H,8-11,13H2,1H3,(H,25,26). The monoisotopic (exact) mass is 390 g/mol. The van der Waals surface area contributed by atoms with Crippen LogP contribution in [0.15, 0.2) is 42.5 Å². The Kier molecular flexibility index (Phi) is 6.81. The fourth-order valence-electron chi connectivity index (χ4n) is 3.36. The second-order valence-corrected chi connectivity index (χ2v) is 6.72. The third kappa shape index (κ3) is 5.19. The molecule has 0 bridgehead atoms.